The SMILES string of the molecule is CC(=N[C@H](CO)c1ccccc1-c1ccccc1)c1ccccc1. The third-order valence-electron chi connectivity index (χ3n) is 4.12. The van der Waals surface area contributed by atoms with E-state index in [0.717, 1.165) is 28.0 Å². The average molecular weight is 315 g/mol. The molecule has 0 spiro atoms. The maximum Gasteiger partial charge on any atom is 0.0989 e. The normalized spacial score (nSPS) is 12.8. The highest BCUT2D eigenvalue weighted by molar-refractivity contribution is 5.98. The summed E-state index contributed by atoms with van der Waals surface area (Å²) < 4.78 is 0. The van der Waals surface area contributed by atoms with Crippen molar-refractivity contribution in [3.05, 3.63) is 96.1 Å². The minimum Gasteiger partial charge on any atom is -0.394 e. The van der Waals surface area contributed by atoms with Crippen molar-refractivity contribution >= 4 is 5.71 Å². The Morgan fingerprint density at radius 2 is 1.42 bits per heavy atom. The Bertz CT molecular complexity index is 810. The van der Waals surface area contributed by atoms with Crippen LogP contribution < -0.4 is 0 Å². The second kappa shape index (κ2) is 7.71. The van der Waals surface area contributed by atoms with Gasteiger partial charge in [-0.05, 0) is 29.2 Å². The van der Waals surface area contributed by atoms with Crippen LogP contribution in [-0.4, -0.2) is 17.4 Å². The number of hydrogen-bond acceptors (Lipinski definition) is 2. The van der Waals surface area contributed by atoms with Crippen molar-refractivity contribution < 1.29 is 5.11 Å². The summed E-state index contributed by atoms with van der Waals surface area (Å²) in [7, 11) is 0. The standard InChI is InChI=1S/C22H21NO/c1-17(18-10-4-2-5-11-18)23-22(16-24)21-15-9-8-14-20(21)19-12-6-3-7-13-19/h2-15,22,24H,16H2,1H3/t22-/m1/s1. The van der Waals surface area contributed by atoms with E-state index in [0.29, 0.717) is 0 Å². The Labute approximate surface area is 143 Å². The third kappa shape index (κ3) is 3.61. The number of benzene rings is 3. The van der Waals surface area contributed by atoms with Gasteiger partial charge in [0.15, 0.2) is 0 Å². The van der Waals surface area contributed by atoms with Crippen LogP contribution in [-0.2, 0) is 0 Å². The van der Waals surface area contributed by atoms with Crippen LogP contribution in [0.15, 0.2) is 89.9 Å². The fraction of sp³-hybridized carbons (Fsp3) is 0.136. The van der Waals surface area contributed by atoms with Crippen molar-refractivity contribution in [2.75, 3.05) is 6.61 Å². The van der Waals surface area contributed by atoms with Gasteiger partial charge in [-0.1, -0.05) is 84.9 Å². The van der Waals surface area contributed by atoms with Crippen LogP contribution >= 0.6 is 0 Å². The summed E-state index contributed by atoms with van der Waals surface area (Å²) in [6, 6.07) is 28.2. The summed E-state index contributed by atoms with van der Waals surface area (Å²) in [6.45, 7) is 1.97. The third-order valence-corrected chi connectivity index (χ3v) is 4.12. The zero-order valence-electron chi connectivity index (χ0n) is 13.8. The molecule has 3 rings (SSSR count). The van der Waals surface area contributed by atoms with E-state index in [4.69, 9.17) is 4.99 Å². The van der Waals surface area contributed by atoms with Crippen molar-refractivity contribution in [3.8, 4) is 11.1 Å². The molecule has 0 radical (unpaired) electrons. The van der Waals surface area contributed by atoms with Gasteiger partial charge < -0.3 is 5.11 Å². The van der Waals surface area contributed by atoms with Crippen LogP contribution in [0.3, 0.4) is 0 Å². The predicted octanol–water partition coefficient (Wildman–Crippen LogP) is 4.90. The molecule has 2 heteroatoms. The zero-order valence-corrected chi connectivity index (χ0v) is 13.8. The molecule has 120 valence electrons. The number of aliphatic hydroxyl groups excluding tert-OH is 1. The Kier molecular flexibility index (Phi) is 5.19. The van der Waals surface area contributed by atoms with E-state index in [1.807, 2.05) is 73.7 Å². The topological polar surface area (TPSA) is 32.6 Å². The van der Waals surface area contributed by atoms with Crippen molar-refractivity contribution in [1.82, 2.24) is 0 Å². The van der Waals surface area contributed by atoms with E-state index in [9.17, 15) is 5.11 Å². The van der Waals surface area contributed by atoms with Crippen molar-refractivity contribution in [2.24, 2.45) is 4.99 Å². The van der Waals surface area contributed by atoms with Gasteiger partial charge in [-0.3, -0.25) is 4.99 Å². The van der Waals surface area contributed by atoms with Crippen LogP contribution in [0.5, 0.6) is 0 Å². The summed E-state index contributed by atoms with van der Waals surface area (Å²) in [5.74, 6) is 0. The first kappa shape index (κ1) is 16.2. The number of aliphatic imine (C=N–C) groups is 1. The highest BCUT2D eigenvalue weighted by Crippen LogP contribution is 2.30. The Morgan fingerprint density at radius 1 is 0.833 bits per heavy atom. The highest BCUT2D eigenvalue weighted by atomic mass is 16.3. The monoisotopic (exact) mass is 315 g/mol. The summed E-state index contributed by atoms with van der Waals surface area (Å²) >= 11 is 0. The molecule has 0 aliphatic heterocycles. The van der Waals surface area contributed by atoms with Crippen molar-refractivity contribution in [1.29, 1.82) is 0 Å². The zero-order chi connectivity index (χ0) is 16.8. The first-order valence-electron chi connectivity index (χ1n) is 8.14. The van der Waals surface area contributed by atoms with E-state index < -0.39 is 0 Å². The van der Waals surface area contributed by atoms with Crippen molar-refractivity contribution in [2.45, 2.75) is 13.0 Å². The van der Waals surface area contributed by atoms with E-state index in [2.05, 4.69) is 18.2 Å². The minimum atomic E-state index is -0.276. The van der Waals surface area contributed by atoms with E-state index in [1.54, 1.807) is 0 Å². The first-order valence-corrected chi connectivity index (χ1v) is 8.14. The molecule has 2 nitrogen and oxygen atoms in total. The number of nitrogens with zero attached hydrogens (tertiary/aromatic N) is 1. The lowest BCUT2D eigenvalue weighted by Crippen LogP contribution is -2.07. The maximum atomic E-state index is 9.94. The van der Waals surface area contributed by atoms with Crippen LogP contribution in [0.4, 0.5) is 0 Å². The second-order valence-corrected chi connectivity index (χ2v) is 5.73. The molecule has 0 amide bonds. The fourth-order valence-corrected chi connectivity index (χ4v) is 2.86. The van der Waals surface area contributed by atoms with Gasteiger partial charge in [0.25, 0.3) is 0 Å². The lowest BCUT2D eigenvalue weighted by molar-refractivity contribution is 0.269. The van der Waals surface area contributed by atoms with Gasteiger partial charge in [-0.15, -0.1) is 0 Å². The number of rotatable bonds is 5. The van der Waals surface area contributed by atoms with Gasteiger partial charge in [0.05, 0.1) is 12.6 Å². The smallest absolute Gasteiger partial charge is 0.0989 e. The summed E-state index contributed by atoms with van der Waals surface area (Å²) in [6.07, 6.45) is 0. The number of hydrogen-bond donors (Lipinski definition) is 1. The fourth-order valence-electron chi connectivity index (χ4n) is 2.86. The highest BCUT2D eigenvalue weighted by Gasteiger charge is 2.14. The van der Waals surface area contributed by atoms with Gasteiger partial charge in [-0.25, -0.2) is 0 Å². The summed E-state index contributed by atoms with van der Waals surface area (Å²) in [4.78, 5) is 4.79. The van der Waals surface area contributed by atoms with Crippen LogP contribution in [0.1, 0.15) is 24.1 Å². The Hall–Kier alpha value is -2.71. The average Bonchev–Trinajstić information content (AvgIpc) is 2.67. The van der Waals surface area contributed by atoms with E-state index in [1.165, 1.54) is 0 Å². The molecule has 0 aliphatic carbocycles. The summed E-state index contributed by atoms with van der Waals surface area (Å²) in [5.41, 5.74) is 5.30. The molecule has 24 heavy (non-hydrogen) atoms. The molecule has 1 N–H and O–H groups in total. The molecule has 3 aromatic rings. The van der Waals surface area contributed by atoms with Crippen molar-refractivity contribution in [3.63, 3.8) is 0 Å². The molecule has 0 unspecified atom stereocenters. The van der Waals surface area contributed by atoms with Gasteiger partial charge >= 0.3 is 0 Å². The van der Waals surface area contributed by atoms with E-state index >= 15 is 0 Å². The molecule has 0 bridgehead atoms. The van der Waals surface area contributed by atoms with Crippen LogP contribution in [0, 0.1) is 0 Å². The maximum absolute atomic E-state index is 9.94. The number of aliphatic hydroxyl groups is 1. The van der Waals surface area contributed by atoms with Crippen LogP contribution in [0.2, 0.25) is 0 Å². The molecular weight excluding hydrogens is 294 g/mol. The minimum absolute atomic E-state index is 0.0198. The summed E-state index contributed by atoms with van der Waals surface area (Å²) in [5, 5.41) is 9.94. The lowest BCUT2D eigenvalue weighted by atomic mass is 9.95. The molecule has 0 aromatic heterocycles. The molecule has 0 saturated carbocycles. The first-order chi connectivity index (χ1) is 11.8. The van der Waals surface area contributed by atoms with Gasteiger partial charge in [0, 0.05) is 5.71 Å². The molecule has 1 atom stereocenters. The van der Waals surface area contributed by atoms with Gasteiger partial charge in [-0.2, -0.15) is 0 Å². The molecule has 0 saturated heterocycles. The largest absolute Gasteiger partial charge is 0.394 e. The Morgan fingerprint density at radius 3 is 2.08 bits per heavy atom. The molecule has 0 heterocycles. The van der Waals surface area contributed by atoms with E-state index in [-0.39, 0.29) is 12.6 Å². The van der Waals surface area contributed by atoms with Crippen LogP contribution in [0.25, 0.3) is 11.1 Å². The Balaban J connectivity index is 2.01. The lowest BCUT2D eigenvalue weighted by Gasteiger charge is -2.16. The van der Waals surface area contributed by atoms with Gasteiger partial charge in [0.2, 0.25) is 0 Å². The van der Waals surface area contributed by atoms with Gasteiger partial charge in [0.1, 0.15) is 0 Å². The molecular formula is C22H21NO. The second-order valence-electron chi connectivity index (χ2n) is 5.73. The quantitative estimate of drug-likeness (QED) is 0.668. The molecule has 3 aromatic carbocycles. The predicted molar refractivity (Wildman–Crippen MR) is 100 cm³/mol. The molecule has 0 aliphatic rings. The molecule has 0 fully saturated rings.